The summed E-state index contributed by atoms with van der Waals surface area (Å²) in [4.78, 5) is 23.5. The van der Waals surface area contributed by atoms with Crippen molar-refractivity contribution in [3.8, 4) is 0 Å². The molecule has 0 unspecified atom stereocenters. The minimum absolute atomic E-state index is 0.293. The van der Waals surface area contributed by atoms with Crippen molar-refractivity contribution >= 4 is 23.7 Å². The van der Waals surface area contributed by atoms with Crippen molar-refractivity contribution in [3.63, 3.8) is 0 Å². The Hall–Kier alpha value is -2.84. The zero-order chi connectivity index (χ0) is 19.5. The van der Waals surface area contributed by atoms with Gasteiger partial charge in [-0.1, -0.05) is 12.8 Å². The Labute approximate surface area is 164 Å². The zero-order valence-electron chi connectivity index (χ0n) is 16.1. The van der Waals surface area contributed by atoms with Crippen LogP contribution in [0.15, 0.2) is 18.3 Å². The number of carbonyl (C=O) groups is 1. The van der Waals surface area contributed by atoms with E-state index in [0.29, 0.717) is 30.1 Å². The highest BCUT2D eigenvalue weighted by molar-refractivity contribution is 5.64. The standard InChI is InChI=1S/C19H27N7O2/c1-25(19(27)28)11-13-7-9-26(12-13)18-20-8-6-16(22-18)21-17-10-15(23-24-17)14-4-2-3-5-14/h6,8,10,13-14H,2-5,7,9,11-12H2,1H3,(H,27,28)(H2,20,21,22,23,24)/t13-/m1/s1. The molecule has 0 spiro atoms. The number of rotatable bonds is 6. The summed E-state index contributed by atoms with van der Waals surface area (Å²) in [7, 11) is 1.61. The van der Waals surface area contributed by atoms with Gasteiger partial charge in [0.25, 0.3) is 0 Å². The van der Waals surface area contributed by atoms with Crippen molar-refractivity contribution in [2.45, 2.75) is 38.0 Å². The van der Waals surface area contributed by atoms with Crippen LogP contribution in [0.4, 0.5) is 22.4 Å². The van der Waals surface area contributed by atoms with E-state index in [9.17, 15) is 4.79 Å². The van der Waals surface area contributed by atoms with Crippen LogP contribution in [0.3, 0.4) is 0 Å². The second-order valence-electron chi connectivity index (χ2n) is 7.82. The molecule has 1 atom stereocenters. The number of carboxylic acid groups (broad SMARTS) is 1. The molecule has 1 saturated carbocycles. The Bertz CT molecular complexity index is 818. The van der Waals surface area contributed by atoms with E-state index in [0.717, 1.165) is 25.3 Å². The summed E-state index contributed by atoms with van der Waals surface area (Å²) >= 11 is 0. The summed E-state index contributed by atoms with van der Waals surface area (Å²) in [6, 6.07) is 3.91. The van der Waals surface area contributed by atoms with Crippen molar-refractivity contribution in [2.24, 2.45) is 5.92 Å². The number of nitrogens with zero attached hydrogens (tertiary/aromatic N) is 5. The summed E-state index contributed by atoms with van der Waals surface area (Å²) in [5.74, 6) is 3.03. The Morgan fingerprint density at radius 3 is 2.96 bits per heavy atom. The molecule has 4 rings (SSSR count). The Morgan fingerprint density at radius 1 is 1.36 bits per heavy atom. The number of anilines is 3. The van der Waals surface area contributed by atoms with Crippen molar-refractivity contribution in [2.75, 3.05) is 36.9 Å². The minimum atomic E-state index is -0.892. The zero-order valence-corrected chi connectivity index (χ0v) is 16.1. The molecule has 2 aliphatic rings. The van der Waals surface area contributed by atoms with Gasteiger partial charge in [-0.25, -0.2) is 9.78 Å². The third kappa shape index (κ3) is 4.18. The first-order valence-corrected chi connectivity index (χ1v) is 9.93. The Kier molecular flexibility index (Phi) is 5.31. The normalized spacial score (nSPS) is 19.9. The molecule has 2 aromatic rings. The van der Waals surface area contributed by atoms with E-state index in [1.807, 2.05) is 6.07 Å². The lowest BCUT2D eigenvalue weighted by Crippen LogP contribution is -2.32. The SMILES string of the molecule is CN(C[C@H]1CCN(c2nccc(Nc3cc(C4CCCC4)[nH]n3)n2)C1)C(=O)O. The van der Waals surface area contributed by atoms with E-state index in [-0.39, 0.29) is 0 Å². The van der Waals surface area contributed by atoms with Gasteiger partial charge in [0.2, 0.25) is 5.95 Å². The fourth-order valence-electron chi connectivity index (χ4n) is 4.18. The molecule has 0 bridgehead atoms. The number of amides is 1. The van der Waals surface area contributed by atoms with Crippen LogP contribution in [0.25, 0.3) is 0 Å². The van der Waals surface area contributed by atoms with E-state index in [4.69, 9.17) is 5.11 Å². The van der Waals surface area contributed by atoms with Crippen molar-refractivity contribution in [3.05, 3.63) is 24.0 Å². The van der Waals surface area contributed by atoms with Gasteiger partial charge < -0.3 is 20.2 Å². The minimum Gasteiger partial charge on any atom is -0.465 e. The molecule has 1 aliphatic carbocycles. The number of aromatic nitrogens is 4. The van der Waals surface area contributed by atoms with Gasteiger partial charge in [-0.15, -0.1) is 0 Å². The highest BCUT2D eigenvalue weighted by Gasteiger charge is 2.26. The molecule has 3 heterocycles. The van der Waals surface area contributed by atoms with Crippen molar-refractivity contribution in [1.29, 1.82) is 0 Å². The lowest BCUT2D eigenvalue weighted by atomic mass is 10.0. The number of aromatic amines is 1. The molecule has 1 aliphatic heterocycles. The van der Waals surface area contributed by atoms with Crippen LogP contribution in [-0.2, 0) is 0 Å². The smallest absolute Gasteiger partial charge is 0.407 e. The van der Waals surface area contributed by atoms with Crippen molar-refractivity contribution < 1.29 is 9.90 Å². The lowest BCUT2D eigenvalue weighted by Gasteiger charge is -2.19. The third-order valence-electron chi connectivity index (χ3n) is 5.72. The second-order valence-corrected chi connectivity index (χ2v) is 7.82. The van der Waals surface area contributed by atoms with E-state index >= 15 is 0 Å². The first kappa shape index (κ1) is 18.5. The van der Waals surface area contributed by atoms with Gasteiger partial charge in [-0.3, -0.25) is 5.10 Å². The fourth-order valence-corrected chi connectivity index (χ4v) is 4.18. The van der Waals surface area contributed by atoms with Crippen LogP contribution < -0.4 is 10.2 Å². The fraction of sp³-hybridized carbons (Fsp3) is 0.579. The van der Waals surface area contributed by atoms with E-state index in [1.54, 1.807) is 13.2 Å². The van der Waals surface area contributed by atoms with Gasteiger partial charge in [0.05, 0.1) is 0 Å². The highest BCUT2D eigenvalue weighted by Crippen LogP contribution is 2.34. The number of hydrogen-bond acceptors (Lipinski definition) is 6. The molecule has 150 valence electrons. The van der Waals surface area contributed by atoms with Crippen LogP contribution in [0.2, 0.25) is 0 Å². The molecule has 9 heteroatoms. The van der Waals surface area contributed by atoms with E-state index in [2.05, 4.69) is 36.4 Å². The first-order chi connectivity index (χ1) is 13.6. The predicted molar refractivity (Wildman–Crippen MR) is 106 cm³/mol. The summed E-state index contributed by atoms with van der Waals surface area (Å²) in [5, 5.41) is 19.8. The number of hydrogen-bond donors (Lipinski definition) is 3. The lowest BCUT2D eigenvalue weighted by molar-refractivity contribution is 0.150. The quantitative estimate of drug-likeness (QED) is 0.701. The first-order valence-electron chi connectivity index (χ1n) is 9.93. The van der Waals surface area contributed by atoms with Crippen LogP contribution in [0, 0.1) is 5.92 Å². The summed E-state index contributed by atoms with van der Waals surface area (Å²) in [6.07, 6.45) is 6.83. The Balaban J connectivity index is 1.37. The van der Waals surface area contributed by atoms with Gasteiger partial charge in [0.15, 0.2) is 5.82 Å². The molecule has 2 aromatic heterocycles. The second kappa shape index (κ2) is 8.04. The maximum absolute atomic E-state index is 11.0. The number of H-pyrrole nitrogens is 1. The average Bonchev–Trinajstić information content (AvgIpc) is 3.43. The largest absolute Gasteiger partial charge is 0.465 e. The topological polar surface area (TPSA) is 110 Å². The van der Waals surface area contributed by atoms with Gasteiger partial charge >= 0.3 is 6.09 Å². The van der Waals surface area contributed by atoms with Gasteiger partial charge in [0, 0.05) is 50.6 Å². The highest BCUT2D eigenvalue weighted by atomic mass is 16.4. The maximum atomic E-state index is 11.0. The molecule has 9 nitrogen and oxygen atoms in total. The predicted octanol–water partition coefficient (Wildman–Crippen LogP) is 3.04. The monoisotopic (exact) mass is 385 g/mol. The molecule has 28 heavy (non-hydrogen) atoms. The van der Waals surface area contributed by atoms with Gasteiger partial charge in [-0.05, 0) is 31.2 Å². The molecule has 3 N–H and O–H groups in total. The van der Waals surface area contributed by atoms with Crippen molar-refractivity contribution in [1.82, 2.24) is 25.1 Å². The van der Waals surface area contributed by atoms with Crippen LogP contribution in [-0.4, -0.2) is 62.9 Å². The summed E-state index contributed by atoms with van der Waals surface area (Å²) in [5.41, 5.74) is 1.19. The van der Waals surface area contributed by atoms with Gasteiger partial charge in [0.1, 0.15) is 5.82 Å². The molecule has 0 radical (unpaired) electrons. The van der Waals surface area contributed by atoms with E-state index < -0.39 is 6.09 Å². The van der Waals surface area contributed by atoms with Crippen LogP contribution in [0.5, 0.6) is 0 Å². The molecule has 1 saturated heterocycles. The molecule has 1 amide bonds. The third-order valence-corrected chi connectivity index (χ3v) is 5.72. The molecule has 2 fully saturated rings. The Morgan fingerprint density at radius 2 is 2.18 bits per heavy atom. The maximum Gasteiger partial charge on any atom is 0.407 e. The summed E-state index contributed by atoms with van der Waals surface area (Å²) < 4.78 is 0. The average molecular weight is 385 g/mol. The number of nitrogens with one attached hydrogen (secondary N) is 2. The van der Waals surface area contributed by atoms with Gasteiger partial charge in [-0.2, -0.15) is 10.1 Å². The molecule has 0 aromatic carbocycles. The summed E-state index contributed by atoms with van der Waals surface area (Å²) in [6.45, 7) is 2.12. The van der Waals surface area contributed by atoms with Crippen LogP contribution in [0.1, 0.15) is 43.7 Å². The molecular weight excluding hydrogens is 358 g/mol. The molecular formula is C19H27N7O2. The van der Waals surface area contributed by atoms with E-state index in [1.165, 1.54) is 36.3 Å². The van der Waals surface area contributed by atoms with Crippen LogP contribution >= 0.6 is 0 Å².